The molecule has 35 heavy (non-hydrogen) atoms. The van der Waals surface area contributed by atoms with Gasteiger partial charge in [-0.15, -0.1) is 0 Å². The molecule has 10 heteroatoms. The summed E-state index contributed by atoms with van der Waals surface area (Å²) in [7, 11) is 0. The van der Waals surface area contributed by atoms with Gasteiger partial charge in [-0.25, -0.2) is 0 Å². The second-order valence-corrected chi connectivity index (χ2v) is 8.46. The summed E-state index contributed by atoms with van der Waals surface area (Å²) in [6, 6.07) is 9.78. The van der Waals surface area contributed by atoms with Crippen molar-refractivity contribution in [3.05, 3.63) is 69.8 Å². The van der Waals surface area contributed by atoms with E-state index in [1.807, 2.05) is 0 Å². The molecule has 2 aromatic rings. The zero-order chi connectivity index (χ0) is 25.3. The van der Waals surface area contributed by atoms with E-state index in [1.54, 1.807) is 36.4 Å². The smallest absolute Gasteiger partial charge is 0.303 e. The van der Waals surface area contributed by atoms with Gasteiger partial charge in [0.2, 0.25) is 0 Å². The highest BCUT2D eigenvalue weighted by atomic mass is 16.4. The van der Waals surface area contributed by atoms with Gasteiger partial charge in [0.05, 0.1) is 22.3 Å². The lowest BCUT2D eigenvalue weighted by Gasteiger charge is -2.12. The van der Waals surface area contributed by atoms with Crippen LogP contribution in [0.3, 0.4) is 0 Å². The summed E-state index contributed by atoms with van der Waals surface area (Å²) >= 11 is 0. The van der Waals surface area contributed by atoms with Crippen LogP contribution in [0.25, 0.3) is 0 Å². The SMILES string of the molecule is O=C(O)CCCN1C(=O)c2ccc(Cc3ccc4c(c3)C(=O)N(CCCC(=O)O)C4=O)cc2C1=O. The first-order valence-electron chi connectivity index (χ1n) is 11.1. The summed E-state index contributed by atoms with van der Waals surface area (Å²) < 4.78 is 0. The number of hydrogen-bond acceptors (Lipinski definition) is 6. The number of fused-ring (bicyclic) bond motifs is 2. The molecule has 2 N–H and O–H groups in total. The summed E-state index contributed by atoms with van der Waals surface area (Å²) in [5.74, 6) is -3.84. The Labute approximate surface area is 199 Å². The standard InChI is InChI=1S/C25H22N2O8/c28-20(29)3-1-9-26-22(32)16-7-5-14(12-18(16)24(26)34)11-15-6-8-17-19(13-15)25(35)27(23(17)33)10-2-4-21(30)31/h5-8,12-13H,1-4,9-11H2,(H,28,29)(H,30,31). The summed E-state index contributed by atoms with van der Waals surface area (Å²) in [6.45, 7) is 0.0514. The number of rotatable bonds is 10. The Morgan fingerprint density at radius 3 is 1.34 bits per heavy atom. The van der Waals surface area contributed by atoms with Crippen LogP contribution >= 0.6 is 0 Å². The summed E-state index contributed by atoms with van der Waals surface area (Å²) in [4.78, 5) is 74.1. The molecule has 180 valence electrons. The molecule has 10 nitrogen and oxygen atoms in total. The third-order valence-electron chi connectivity index (χ3n) is 6.02. The van der Waals surface area contributed by atoms with Crippen LogP contribution in [0.1, 0.15) is 78.2 Å². The van der Waals surface area contributed by atoms with E-state index in [1.165, 1.54) is 0 Å². The van der Waals surface area contributed by atoms with Crippen molar-refractivity contribution in [3.63, 3.8) is 0 Å². The van der Waals surface area contributed by atoms with Gasteiger partial charge in [0.1, 0.15) is 0 Å². The number of amides is 4. The highest BCUT2D eigenvalue weighted by Gasteiger charge is 2.36. The second-order valence-electron chi connectivity index (χ2n) is 8.46. The monoisotopic (exact) mass is 478 g/mol. The number of nitrogens with zero attached hydrogens (tertiary/aromatic N) is 2. The minimum Gasteiger partial charge on any atom is -0.481 e. The Morgan fingerprint density at radius 1 is 0.600 bits per heavy atom. The number of carboxylic acids is 2. The predicted octanol–water partition coefficient (Wildman–Crippen LogP) is 2.20. The van der Waals surface area contributed by atoms with Crippen molar-refractivity contribution < 1.29 is 39.0 Å². The Balaban J connectivity index is 1.48. The molecule has 0 aliphatic carbocycles. The third kappa shape index (κ3) is 4.68. The molecule has 2 aliphatic rings. The van der Waals surface area contributed by atoms with E-state index < -0.39 is 35.6 Å². The number of benzene rings is 2. The average molecular weight is 478 g/mol. The van der Waals surface area contributed by atoms with Crippen LogP contribution in [0.2, 0.25) is 0 Å². The number of imide groups is 2. The maximum Gasteiger partial charge on any atom is 0.303 e. The lowest BCUT2D eigenvalue weighted by atomic mass is 9.98. The van der Waals surface area contributed by atoms with E-state index >= 15 is 0 Å². The first-order valence-corrected chi connectivity index (χ1v) is 11.1. The van der Waals surface area contributed by atoms with Crippen LogP contribution in [0.5, 0.6) is 0 Å². The van der Waals surface area contributed by atoms with Gasteiger partial charge in [0.15, 0.2) is 0 Å². The first-order chi connectivity index (χ1) is 16.7. The van der Waals surface area contributed by atoms with E-state index in [0.29, 0.717) is 6.42 Å². The van der Waals surface area contributed by atoms with Gasteiger partial charge >= 0.3 is 11.9 Å². The fraction of sp³-hybridized carbons (Fsp3) is 0.280. The molecule has 4 amide bonds. The third-order valence-corrected chi connectivity index (χ3v) is 6.02. The van der Waals surface area contributed by atoms with Crippen molar-refractivity contribution in [2.24, 2.45) is 0 Å². The van der Waals surface area contributed by atoms with Gasteiger partial charge in [-0.2, -0.15) is 0 Å². The number of carbonyl (C=O) groups is 6. The van der Waals surface area contributed by atoms with Crippen LogP contribution in [-0.2, 0) is 16.0 Å². The van der Waals surface area contributed by atoms with Crippen LogP contribution < -0.4 is 0 Å². The largest absolute Gasteiger partial charge is 0.481 e. The Morgan fingerprint density at radius 2 is 0.971 bits per heavy atom. The molecule has 0 spiro atoms. The molecule has 0 atom stereocenters. The molecule has 0 aromatic heterocycles. The molecular weight excluding hydrogens is 456 g/mol. The van der Waals surface area contributed by atoms with Gasteiger partial charge in [0.25, 0.3) is 23.6 Å². The van der Waals surface area contributed by atoms with E-state index in [9.17, 15) is 28.8 Å². The molecule has 0 radical (unpaired) electrons. The fourth-order valence-corrected chi connectivity index (χ4v) is 4.31. The van der Waals surface area contributed by atoms with E-state index in [2.05, 4.69) is 0 Å². The normalized spacial score (nSPS) is 14.5. The number of carbonyl (C=O) groups excluding carboxylic acids is 4. The maximum atomic E-state index is 12.7. The number of aliphatic carboxylic acids is 2. The van der Waals surface area contributed by atoms with Crippen LogP contribution in [0, 0.1) is 0 Å². The maximum absolute atomic E-state index is 12.7. The summed E-state index contributed by atoms with van der Waals surface area (Å²) in [6.07, 6.45) is 0.400. The van der Waals surface area contributed by atoms with Gasteiger partial charge < -0.3 is 10.2 Å². The summed E-state index contributed by atoms with van der Waals surface area (Å²) in [5.41, 5.74) is 2.49. The van der Waals surface area contributed by atoms with Gasteiger partial charge in [0, 0.05) is 25.9 Å². The molecular formula is C25H22N2O8. The molecule has 2 aliphatic heterocycles. The van der Waals surface area contributed by atoms with Crippen molar-refractivity contribution in [1.82, 2.24) is 9.80 Å². The molecule has 2 aromatic carbocycles. The topological polar surface area (TPSA) is 149 Å². The van der Waals surface area contributed by atoms with Gasteiger partial charge in [-0.1, -0.05) is 12.1 Å². The quantitative estimate of drug-likeness (QED) is 0.494. The van der Waals surface area contributed by atoms with E-state index in [4.69, 9.17) is 10.2 Å². The Kier molecular flexibility index (Phi) is 6.46. The molecule has 4 rings (SSSR count). The van der Waals surface area contributed by atoms with E-state index in [-0.39, 0.29) is 61.0 Å². The van der Waals surface area contributed by atoms with Crippen molar-refractivity contribution >= 4 is 35.6 Å². The molecule has 2 heterocycles. The summed E-state index contributed by atoms with van der Waals surface area (Å²) in [5, 5.41) is 17.6. The zero-order valence-corrected chi connectivity index (χ0v) is 18.7. The van der Waals surface area contributed by atoms with Gasteiger partial charge in [-0.3, -0.25) is 38.6 Å². The lowest BCUT2D eigenvalue weighted by Crippen LogP contribution is -2.31. The Hall–Kier alpha value is -4.34. The minimum absolute atomic E-state index is 0.0257. The molecule has 0 saturated carbocycles. The van der Waals surface area contributed by atoms with E-state index in [0.717, 1.165) is 20.9 Å². The van der Waals surface area contributed by atoms with Crippen molar-refractivity contribution in [2.75, 3.05) is 13.1 Å². The van der Waals surface area contributed by atoms with Crippen LogP contribution in [0.15, 0.2) is 36.4 Å². The molecule has 0 unspecified atom stereocenters. The highest BCUT2D eigenvalue weighted by molar-refractivity contribution is 6.22. The molecule has 0 fully saturated rings. The number of hydrogen-bond donors (Lipinski definition) is 2. The van der Waals surface area contributed by atoms with Crippen LogP contribution in [0.4, 0.5) is 0 Å². The zero-order valence-electron chi connectivity index (χ0n) is 18.7. The van der Waals surface area contributed by atoms with Crippen molar-refractivity contribution in [1.29, 1.82) is 0 Å². The van der Waals surface area contributed by atoms with Crippen molar-refractivity contribution in [3.8, 4) is 0 Å². The number of carboxylic acid groups (broad SMARTS) is 2. The minimum atomic E-state index is -0.998. The predicted molar refractivity (Wildman–Crippen MR) is 120 cm³/mol. The fourth-order valence-electron chi connectivity index (χ4n) is 4.31. The first kappa shape index (κ1) is 23.8. The average Bonchev–Trinajstić information content (AvgIpc) is 3.18. The van der Waals surface area contributed by atoms with Crippen LogP contribution in [-0.4, -0.2) is 68.7 Å². The van der Waals surface area contributed by atoms with Crippen molar-refractivity contribution in [2.45, 2.75) is 32.1 Å². The Bertz CT molecular complexity index is 1180. The lowest BCUT2D eigenvalue weighted by molar-refractivity contribution is -0.138. The highest BCUT2D eigenvalue weighted by Crippen LogP contribution is 2.28. The molecule has 0 bridgehead atoms. The second kappa shape index (κ2) is 9.49. The molecule has 0 saturated heterocycles. The van der Waals surface area contributed by atoms with Gasteiger partial charge in [-0.05, 0) is 54.7 Å².